The van der Waals surface area contributed by atoms with E-state index < -0.39 is 12.0 Å². The second-order valence-corrected chi connectivity index (χ2v) is 3.15. The van der Waals surface area contributed by atoms with Crippen LogP contribution in [0.5, 0.6) is 5.75 Å². The molecule has 1 aromatic carbocycles. The predicted molar refractivity (Wildman–Crippen MR) is 48.8 cm³/mol. The van der Waals surface area contributed by atoms with Crippen LogP contribution in [0.1, 0.15) is 5.56 Å². The Morgan fingerprint density at radius 1 is 1.43 bits per heavy atom. The molecule has 1 atom stereocenters. The van der Waals surface area contributed by atoms with Crippen molar-refractivity contribution in [3.63, 3.8) is 0 Å². The molecule has 2 N–H and O–H groups in total. The summed E-state index contributed by atoms with van der Waals surface area (Å²) in [6, 6.07) is 7.12. The number of nitrogens with two attached hydrogens (primary N) is 1. The largest absolute Gasteiger partial charge is 0.472 e. The normalized spacial score (nSPS) is 19.7. The Balaban J connectivity index is 2.36. The minimum absolute atomic E-state index is 0.212. The highest BCUT2D eigenvalue weighted by atomic mass is 16.5. The van der Waals surface area contributed by atoms with Crippen molar-refractivity contribution in [2.24, 2.45) is 5.73 Å². The predicted octanol–water partition coefficient (Wildman–Crippen LogP) is 0.0445. The van der Waals surface area contributed by atoms with E-state index >= 15 is 0 Å². The number of ether oxygens (including phenoxy) is 1. The average Bonchev–Trinajstić information content (AvgIpc) is 2.16. The van der Waals surface area contributed by atoms with Crippen LogP contribution in [-0.2, 0) is 16.0 Å². The zero-order valence-corrected chi connectivity index (χ0v) is 7.40. The molecule has 2 rings (SSSR count). The number of amides is 1. The minimum Gasteiger partial charge on any atom is -0.472 e. The second kappa shape index (κ2) is 3.14. The first-order chi connectivity index (χ1) is 6.68. The van der Waals surface area contributed by atoms with E-state index in [-0.39, 0.29) is 12.2 Å². The summed E-state index contributed by atoms with van der Waals surface area (Å²) in [7, 11) is 0. The first kappa shape index (κ1) is 8.74. The van der Waals surface area contributed by atoms with E-state index in [0.29, 0.717) is 5.75 Å². The molecule has 1 amide bonds. The Morgan fingerprint density at radius 3 is 2.86 bits per heavy atom. The highest BCUT2D eigenvalue weighted by Gasteiger charge is 2.31. The van der Waals surface area contributed by atoms with Crippen LogP contribution in [0, 0.1) is 0 Å². The maximum atomic E-state index is 11.4. The van der Waals surface area contributed by atoms with Gasteiger partial charge in [-0.1, -0.05) is 18.2 Å². The Hall–Kier alpha value is -1.84. The molecule has 72 valence electrons. The lowest BCUT2D eigenvalue weighted by Crippen LogP contribution is -2.43. The van der Waals surface area contributed by atoms with Crippen LogP contribution >= 0.6 is 0 Å². The van der Waals surface area contributed by atoms with Crippen molar-refractivity contribution in [3.05, 3.63) is 29.8 Å². The van der Waals surface area contributed by atoms with Crippen molar-refractivity contribution < 1.29 is 14.3 Å². The van der Waals surface area contributed by atoms with Crippen molar-refractivity contribution >= 4 is 11.7 Å². The van der Waals surface area contributed by atoms with Gasteiger partial charge in [0.2, 0.25) is 6.10 Å². The fourth-order valence-electron chi connectivity index (χ4n) is 1.45. The average molecular weight is 191 g/mol. The second-order valence-electron chi connectivity index (χ2n) is 3.15. The van der Waals surface area contributed by atoms with Gasteiger partial charge in [0.15, 0.2) is 5.78 Å². The topological polar surface area (TPSA) is 69.4 Å². The SMILES string of the molecule is NC(=O)C1Oc2ccccc2CC1=O. The third-order valence-electron chi connectivity index (χ3n) is 2.13. The van der Waals surface area contributed by atoms with Crippen molar-refractivity contribution in [1.82, 2.24) is 0 Å². The molecule has 0 aromatic heterocycles. The molecule has 0 spiro atoms. The van der Waals surface area contributed by atoms with Crippen LogP contribution < -0.4 is 10.5 Å². The zero-order chi connectivity index (χ0) is 10.1. The molecule has 1 heterocycles. The standard InChI is InChI=1S/C10H9NO3/c11-10(13)9-7(12)5-6-3-1-2-4-8(6)14-9/h1-4,9H,5H2,(H2,11,13). The Kier molecular flexibility index (Phi) is 1.96. The van der Waals surface area contributed by atoms with Crippen LogP contribution in [0.2, 0.25) is 0 Å². The summed E-state index contributed by atoms with van der Waals surface area (Å²) in [6.07, 6.45) is -0.908. The van der Waals surface area contributed by atoms with E-state index in [1.807, 2.05) is 6.07 Å². The van der Waals surface area contributed by atoms with Gasteiger partial charge in [-0.3, -0.25) is 9.59 Å². The Morgan fingerprint density at radius 2 is 2.14 bits per heavy atom. The van der Waals surface area contributed by atoms with Gasteiger partial charge in [0.1, 0.15) is 5.75 Å². The van der Waals surface area contributed by atoms with E-state index in [2.05, 4.69) is 0 Å². The van der Waals surface area contributed by atoms with E-state index in [4.69, 9.17) is 10.5 Å². The summed E-state index contributed by atoms with van der Waals surface area (Å²) in [4.78, 5) is 22.2. The monoisotopic (exact) mass is 191 g/mol. The third-order valence-corrected chi connectivity index (χ3v) is 2.13. The molecular weight excluding hydrogens is 182 g/mol. The molecule has 1 unspecified atom stereocenters. The first-order valence-corrected chi connectivity index (χ1v) is 4.25. The summed E-state index contributed by atoms with van der Waals surface area (Å²) in [6.45, 7) is 0. The fraction of sp³-hybridized carbons (Fsp3) is 0.200. The van der Waals surface area contributed by atoms with Gasteiger partial charge in [-0.2, -0.15) is 0 Å². The van der Waals surface area contributed by atoms with Crippen LogP contribution in [0.25, 0.3) is 0 Å². The van der Waals surface area contributed by atoms with Gasteiger partial charge in [-0.15, -0.1) is 0 Å². The van der Waals surface area contributed by atoms with Gasteiger partial charge >= 0.3 is 0 Å². The summed E-state index contributed by atoms with van der Waals surface area (Å²) >= 11 is 0. The number of carbonyl (C=O) groups is 2. The van der Waals surface area contributed by atoms with Crippen molar-refractivity contribution in [1.29, 1.82) is 0 Å². The molecule has 0 radical (unpaired) electrons. The summed E-state index contributed by atoms with van der Waals surface area (Å²) in [5, 5.41) is 0. The molecule has 0 aliphatic carbocycles. The van der Waals surface area contributed by atoms with Gasteiger partial charge in [0.05, 0.1) is 0 Å². The molecule has 1 aliphatic heterocycles. The van der Waals surface area contributed by atoms with Crippen LogP contribution in [0.4, 0.5) is 0 Å². The molecule has 1 aromatic rings. The molecule has 14 heavy (non-hydrogen) atoms. The number of para-hydroxylation sites is 1. The van der Waals surface area contributed by atoms with Gasteiger partial charge in [0.25, 0.3) is 5.91 Å². The van der Waals surface area contributed by atoms with Gasteiger partial charge < -0.3 is 10.5 Å². The number of rotatable bonds is 1. The number of hydrogen-bond donors (Lipinski definition) is 1. The lowest BCUT2D eigenvalue weighted by atomic mass is 10.0. The molecular formula is C10H9NO3. The number of carbonyl (C=O) groups excluding carboxylic acids is 2. The minimum atomic E-state index is -1.12. The summed E-state index contributed by atoms with van der Waals surface area (Å²) < 4.78 is 5.18. The molecule has 1 aliphatic rings. The number of hydrogen-bond acceptors (Lipinski definition) is 3. The molecule has 0 fully saturated rings. The van der Waals surface area contributed by atoms with E-state index in [0.717, 1.165) is 5.56 Å². The van der Waals surface area contributed by atoms with Crippen LogP contribution in [0.3, 0.4) is 0 Å². The molecule has 0 bridgehead atoms. The Labute approximate surface area is 80.7 Å². The van der Waals surface area contributed by atoms with E-state index in [9.17, 15) is 9.59 Å². The highest BCUT2D eigenvalue weighted by molar-refractivity contribution is 6.05. The maximum Gasteiger partial charge on any atom is 0.266 e. The van der Waals surface area contributed by atoms with Gasteiger partial charge in [-0.05, 0) is 6.07 Å². The third kappa shape index (κ3) is 1.35. The number of primary amides is 1. The van der Waals surface area contributed by atoms with Gasteiger partial charge in [-0.25, -0.2) is 0 Å². The molecule has 0 saturated carbocycles. The number of fused-ring (bicyclic) bond motifs is 1. The van der Waals surface area contributed by atoms with Gasteiger partial charge in [0, 0.05) is 12.0 Å². The Bertz CT molecular complexity index is 400. The van der Waals surface area contributed by atoms with Crippen molar-refractivity contribution in [2.45, 2.75) is 12.5 Å². The van der Waals surface area contributed by atoms with Crippen LogP contribution in [-0.4, -0.2) is 17.8 Å². The maximum absolute atomic E-state index is 11.4. The number of benzene rings is 1. The lowest BCUT2D eigenvalue weighted by molar-refractivity contribution is -0.136. The summed E-state index contributed by atoms with van der Waals surface area (Å²) in [5.74, 6) is -0.448. The smallest absolute Gasteiger partial charge is 0.266 e. The van der Waals surface area contributed by atoms with E-state index in [1.165, 1.54) is 0 Å². The van der Waals surface area contributed by atoms with Crippen molar-refractivity contribution in [3.8, 4) is 5.75 Å². The molecule has 4 nitrogen and oxygen atoms in total. The quantitative estimate of drug-likeness (QED) is 0.637. The van der Waals surface area contributed by atoms with Crippen molar-refractivity contribution in [2.75, 3.05) is 0 Å². The number of ketones is 1. The fourth-order valence-corrected chi connectivity index (χ4v) is 1.45. The lowest BCUT2D eigenvalue weighted by Gasteiger charge is -2.22. The first-order valence-electron chi connectivity index (χ1n) is 4.25. The zero-order valence-electron chi connectivity index (χ0n) is 7.40. The summed E-state index contributed by atoms with van der Waals surface area (Å²) in [5.41, 5.74) is 5.83. The molecule has 4 heteroatoms. The van der Waals surface area contributed by atoms with Crippen LogP contribution in [0.15, 0.2) is 24.3 Å². The number of Topliss-reactive ketones (excluding diaryl/α,β-unsaturated/α-hetero) is 1. The molecule has 0 saturated heterocycles. The highest BCUT2D eigenvalue weighted by Crippen LogP contribution is 2.25. The van der Waals surface area contributed by atoms with E-state index in [1.54, 1.807) is 18.2 Å².